The highest BCUT2D eigenvalue weighted by molar-refractivity contribution is 7.89. The highest BCUT2D eigenvalue weighted by Gasteiger charge is 2.27. The molecule has 2 amide bonds. The fraction of sp³-hybridized carbons (Fsp3) is 0.562. The highest BCUT2D eigenvalue weighted by atomic mass is 32.2. The number of ether oxygens (including phenoxy) is 1. The quantitative estimate of drug-likeness (QED) is 0.319. The van der Waals surface area contributed by atoms with E-state index in [1.54, 1.807) is 34.1 Å². The lowest BCUT2D eigenvalue weighted by atomic mass is 10.1. The maximum absolute atomic E-state index is 13.1. The number of amides is 2. The van der Waals surface area contributed by atoms with Crippen molar-refractivity contribution < 1.29 is 22.7 Å². The van der Waals surface area contributed by atoms with Gasteiger partial charge in [0.25, 0.3) is 11.8 Å². The van der Waals surface area contributed by atoms with Gasteiger partial charge < -0.3 is 19.4 Å². The minimum Gasteiger partial charge on any atom is -0.494 e. The van der Waals surface area contributed by atoms with Gasteiger partial charge in [-0.15, -0.1) is 0 Å². The SMILES string of the molecule is CCCN(CCC)S(=O)(=O)c1ccc(C(=O)N2CCN(C(=O)c3ccc(OCCCN4CCCCC4)cc3)CC2)cc1. The first-order valence-electron chi connectivity index (χ1n) is 15.5. The number of rotatable bonds is 13. The van der Waals surface area contributed by atoms with Gasteiger partial charge in [0, 0.05) is 56.9 Å². The number of sulfonamides is 1. The lowest BCUT2D eigenvalue weighted by Crippen LogP contribution is -2.50. The summed E-state index contributed by atoms with van der Waals surface area (Å²) in [4.78, 5) is 32.4. The molecule has 10 heteroatoms. The summed E-state index contributed by atoms with van der Waals surface area (Å²) in [6.07, 6.45) is 6.39. The van der Waals surface area contributed by atoms with Gasteiger partial charge in [-0.25, -0.2) is 8.42 Å². The Bertz CT molecular complexity index is 1250. The van der Waals surface area contributed by atoms with Crippen LogP contribution in [-0.4, -0.2) is 105 Å². The molecule has 2 saturated heterocycles. The van der Waals surface area contributed by atoms with E-state index in [0.717, 1.165) is 31.6 Å². The third-order valence-electron chi connectivity index (χ3n) is 7.98. The molecule has 0 N–H and O–H groups in total. The zero-order valence-corrected chi connectivity index (χ0v) is 26.0. The fourth-order valence-electron chi connectivity index (χ4n) is 5.60. The lowest BCUT2D eigenvalue weighted by Gasteiger charge is -2.35. The molecule has 2 aliphatic heterocycles. The molecule has 0 aromatic heterocycles. The molecule has 0 aliphatic carbocycles. The Morgan fingerprint density at radius 1 is 0.738 bits per heavy atom. The minimum absolute atomic E-state index is 0.0583. The van der Waals surface area contributed by atoms with Crippen molar-refractivity contribution in [3.63, 3.8) is 0 Å². The third kappa shape index (κ3) is 8.33. The number of piperazine rings is 1. The van der Waals surface area contributed by atoms with E-state index in [-0.39, 0.29) is 16.7 Å². The first kappa shape index (κ1) is 32.0. The van der Waals surface area contributed by atoms with Crippen LogP contribution in [0.5, 0.6) is 5.75 Å². The van der Waals surface area contributed by atoms with Gasteiger partial charge in [0.05, 0.1) is 11.5 Å². The predicted octanol–water partition coefficient (Wildman–Crippen LogP) is 4.35. The molecule has 0 atom stereocenters. The summed E-state index contributed by atoms with van der Waals surface area (Å²) in [6, 6.07) is 13.5. The van der Waals surface area contributed by atoms with E-state index in [1.165, 1.54) is 48.8 Å². The monoisotopic (exact) mass is 598 g/mol. The topological polar surface area (TPSA) is 90.5 Å². The van der Waals surface area contributed by atoms with E-state index in [2.05, 4.69) is 4.90 Å². The Morgan fingerprint density at radius 3 is 1.74 bits per heavy atom. The van der Waals surface area contributed by atoms with Gasteiger partial charge in [0.1, 0.15) is 5.75 Å². The molecule has 2 aromatic carbocycles. The van der Waals surface area contributed by atoms with Crippen LogP contribution in [0.4, 0.5) is 0 Å². The Kier molecular flexibility index (Phi) is 11.8. The van der Waals surface area contributed by atoms with Gasteiger partial charge in [-0.1, -0.05) is 20.3 Å². The second-order valence-electron chi connectivity index (χ2n) is 11.1. The molecule has 2 aromatic rings. The summed E-state index contributed by atoms with van der Waals surface area (Å²) in [7, 11) is -3.59. The summed E-state index contributed by atoms with van der Waals surface area (Å²) >= 11 is 0. The molecule has 2 fully saturated rings. The summed E-state index contributed by atoms with van der Waals surface area (Å²) in [5.41, 5.74) is 1.05. The van der Waals surface area contributed by atoms with E-state index in [4.69, 9.17) is 4.74 Å². The van der Waals surface area contributed by atoms with Crippen LogP contribution in [0.25, 0.3) is 0 Å². The van der Waals surface area contributed by atoms with E-state index in [1.807, 2.05) is 26.0 Å². The number of piperidine rings is 1. The normalized spacial score (nSPS) is 16.5. The van der Waals surface area contributed by atoms with E-state index < -0.39 is 10.0 Å². The molecule has 0 saturated carbocycles. The summed E-state index contributed by atoms with van der Waals surface area (Å²) in [5, 5.41) is 0. The number of nitrogens with zero attached hydrogens (tertiary/aromatic N) is 4. The van der Waals surface area contributed by atoms with Crippen LogP contribution in [-0.2, 0) is 10.0 Å². The molecule has 2 heterocycles. The van der Waals surface area contributed by atoms with E-state index in [9.17, 15) is 18.0 Å². The van der Waals surface area contributed by atoms with Crippen LogP contribution >= 0.6 is 0 Å². The third-order valence-corrected chi connectivity index (χ3v) is 9.89. The summed E-state index contributed by atoms with van der Waals surface area (Å²) in [6.45, 7) is 10.7. The molecule has 42 heavy (non-hydrogen) atoms. The van der Waals surface area contributed by atoms with Crippen LogP contribution in [0.1, 0.15) is 73.1 Å². The molecule has 9 nitrogen and oxygen atoms in total. The van der Waals surface area contributed by atoms with Crippen molar-refractivity contribution in [3.05, 3.63) is 59.7 Å². The number of carbonyl (C=O) groups is 2. The van der Waals surface area contributed by atoms with Gasteiger partial charge in [-0.05, 0) is 93.7 Å². The van der Waals surface area contributed by atoms with Gasteiger partial charge in [0.2, 0.25) is 10.0 Å². The zero-order valence-electron chi connectivity index (χ0n) is 25.2. The number of benzene rings is 2. The minimum atomic E-state index is -3.59. The Morgan fingerprint density at radius 2 is 1.24 bits per heavy atom. The maximum Gasteiger partial charge on any atom is 0.253 e. The number of likely N-dealkylation sites (tertiary alicyclic amines) is 1. The summed E-state index contributed by atoms with van der Waals surface area (Å²) < 4.78 is 33.4. The summed E-state index contributed by atoms with van der Waals surface area (Å²) in [5.74, 6) is 0.548. The molecule has 0 radical (unpaired) electrons. The Labute approximate surface area is 251 Å². The number of carbonyl (C=O) groups excluding carboxylic acids is 2. The van der Waals surface area contributed by atoms with Gasteiger partial charge in [-0.2, -0.15) is 4.31 Å². The second kappa shape index (κ2) is 15.5. The second-order valence-corrected chi connectivity index (χ2v) is 13.1. The molecule has 2 aliphatic rings. The van der Waals surface area contributed by atoms with Gasteiger partial charge >= 0.3 is 0 Å². The lowest BCUT2D eigenvalue weighted by molar-refractivity contribution is 0.0535. The molecule has 230 valence electrons. The zero-order chi connectivity index (χ0) is 30.0. The molecule has 0 unspecified atom stereocenters. The van der Waals surface area contributed by atoms with Crippen molar-refractivity contribution in [2.75, 3.05) is 65.5 Å². The van der Waals surface area contributed by atoms with Crippen molar-refractivity contribution in [3.8, 4) is 5.75 Å². The molecular weight excluding hydrogens is 552 g/mol. The first-order valence-corrected chi connectivity index (χ1v) is 16.9. The van der Waals surface area contributed by atoms with Crippen molar-refractivity contribution in [1.82, 2.24) is 19.0 Å². The highest BCUT2D eigenvalue weighted by Crippen LogP contribution is 2.20. The smallest absolute Gasteiger partial charge is 0.253 e. The largest absolute Gasteiger partial charge is 0.494 e. The fourth-order valence-corrected chi connectivity index (χ4v) is 7.23. The van der Waals surface area contributed by atoms with E-state index >= 15 is 0 Å². The van der Waals surface area contributed by atoms with Crippen molar-refractivity contribution >= 4 is 21.8 Å². The maximum atomic E-state index is 13.1. The van der Waals surface area contributed by atoms with Crippen molar-refractivity contribution in [1.29, 1.82) is 0 Å². The van der Waals surface area contributed by atoms with E-state index in [0.29, 0.717) is 57.0 Å². The van der Waals surface area contributed by atoms with Gasteiger partial charge in [0.15, 0.2) is 0 Å². The molecule has 0 spiro atoms. The van der Waals surface area contributed by atoms with Crippen molar-refractivity contribution in [2.45, 2.75) is 57.3 Å². The predicted molar refractivity (Wildman–Crippen MR) is 164 cm³/mol. The number of hydrogen-bond acceptors (Lipinski definition) is 6. The van der Waals surface area contributed by atoms with Crippen LogP contribution in [0, 0.1) is 0 Å². The van der Waals surface area contributed by atoms with Crippen LogP contribution in [0.3, 0.4) is 0 Å². The molecule has 0 bridgehead atoms. The average Bonchev–Trinajstić information content (AvgIpc) is 3.03. The van der Waals surface area contributed by atoms with Crippen LogP contribution < -0.4 is 4.74 Å². The average molecular weight is 599 g/mol. The van der Waals surface area contributed by atoms with Crippen molar-refractivity contribution in [2.24, 2.45) is 0 Å². The molecular formula is C32H46N4O5S. The van der Waals surface area contributed by atoms with Gasteiger partial charge in [-0.3, -0.25) is 9.59 Å². The van der Waals surface area contributed by atoms with Crippen LogP contribution in [0.15, 0.2) is 53.4 Å². The Hall–Kier alpha value is -2.95. The standard InChI is InChI=1S/C32H46N4O5S/c1-3-17-36(18-4-2)42(39,40)30-15-11-28(12-16-30)32(38)35-24-22-34(23-25-35)31(37)27-9-13-29(14-10-27)41-26-8-21-33-19-6-5-7-20-33/h9-16H,3-8,17-26H2,1-2H3. The number of hydrogen-bond donors (Lipinski definition) is 0. The first-order chi connectivity index (χ1) is 20.3. The molecule has 4 rings (SSSR count). The van der Waals surface area contributed by atoms with Crippen LogP contribution in [0.2, 0.25) is 0 Å². The Balaban J connectivity index is 1.24.